The van der Waals surface area contributed by atoms with E-state index in [9.17, 15) is 4.79 Å². The van der Waals surface area contributed by atoms with Crippen molar-refractivity contribution >= 4 is 23.5 Å². The third kappa shape index (κ3) is 3.91. The number of hydrogen-bond donors (Lipinski definition) is 2. The summed E-state index contributed by atoms with van der Waals surface area (Å²) in [6.45, 7) is 0. The van der Waals surface area contributed by atoms with Crippen LogP contribution in [0.15, 0.2) is 84.9 Å². The molecule has 0 aliphatic heterocycles. The number of nitrogens with one attached hydrogen (secondary N) is 1. The summed E-state index contributed by atoms with van der Waals surface area (Å²) in [6.07, 6.45) is 0.188. The number of nitrogens with zero attached hydrogens (tertiary/aromatic N) is 3. The zero-order chi connectivity index (χ0) is 19.3. The first-order chi connectivity index (χ1) is 13.7. The van der Waals surface area contributed by atoms with Gasteiger partial charge in [0.1, 0.15) is 0 Å². The fraction of sp³-hybridized carbons (Fsp3) is 0.0455. The molecule has 6 nitrogen and oxygen atoms in total. The highest BCUT2D eigenvalue weighted by atomic mass is 16.2. The molecule has 0 spiro atoms. The molecule has 0 radical (unpaired) electrons. The number of nitrogen functional groups attached to an aromatic ring is 1. The second-order valence-corrected chi connectivity index (χ2v) is 6.33. The summed E-state index contributed by atoms with van der Waals surface area (Å²) in [5, 5.41) is 7.22. The zero-order valence-electron chi connectivity index (χ0n) is 15.1. The van der Waals surface area contributed by atoms with E-state index in [0.29, 0.717) is 0 Å². The minimum absolute atomic E-state index is 0.0596. The van der Waals surface area contributed by atoms with E-state index in [2.05, 4.69) is 27.5 Å². The minimum atomic E-state index is -0.237. The number of rotatable bonds is 5. The Morgan fingerprint density at radius 1 is 0.857 bits per heavy atom. The number of carbonyl (C=O) groups excluding carboxylic acids is 1. The van der Waals surface area contributed by atoms with Crippen LogP contribution in [0.3, 0.4) is 0 Å². The maximum absolute atomic E-state index is 12.6. The molecular weight excluding hydrogens is 350 g/mol. The van der Waals surface area contributed by atoms with E-state index in [1.807, 2.05) is 72.8 Å². The molecule has 0 atom stereocenters. The van der Waals surface area contributed by atoms with Gasteiger partial charge in [0.05, 0.1) is 6.42 Å². The molecule has 6 heteroatoms. The molecule has 0 amide bonds. The van der Waals surface area contributed by atoms with E-state index in [1.54, 1.807) is 0 Å². The summed E-state index contributed by atoms with van der Waals surface area (Å²) >= 11 is 0. The SMILES string of the molecule is Nc1nc(Nc2ccccc2)nn1C(=O)Cc1ccc(-c2ccccc2)cc1. The fourth-order valence-corrected chi connectivity index (χ4v) is 2.91. The first kappa shape index (κ1) is 17.5. The Morgan fingerprint density at radius 3 is 2.14 bits per heavy atom. The highest BCUT2D eigenvalue weighted by molar-refractivity contribution is 5.83. The molecule has 1 aromatic heterocycles. The van der Waals surface area contributed by atoms with Crippen LogP contribution in [0.25, 0.3) is 11.1 Å². The van der Waals surface area contributed by atoms with Crippen LogP contribution in [-0.4, -0.2) is 20.7 Å². The Bertz CT molecular complexity index is 1070. The van der Waals surface area contributed by atoms with Gasteiger partial charge in [0.25, 0.3) is 5.91 Å². The van der Waals surface area contributed by atoms with Crippen molar-refractivity contribution in [1.29, 1.82) is 0 Å². The molecule has 0 saturated carbocycles. The van der Waals surface area contributed by atoms with Gasteiger partial charge in [-0.2, -0.15) is 9.67 Å². The van der Waals surface area contributed by atoms with E-state index < -0.39 is 0 Å². The van der Waals surface area contributed by atoms with Gasteiger partial charge in [-0.25, -0.2) is 0 Å². The van der Waals surface area contributed by atoms with Crippen molar-refractivity contribution in [2.75, 3.05) is 11.1 Å². The van der Waals surface area contributed by atoms with Gasteiger partial charge < -0.3 is 11.1 Å². The highest BCUT2D eigenvalue weighted by Gasteiger charge is 2.15. The summed E-state index contributed by atoms with van der Waals surface area (Å²) in [4.78, 5) is 16.7. The molecular formula is C22H19N5O. The van der Waals surface area contributed by atoms with Crippen LogP contribution in [0, 0.1) is 0 Å². The fourth-order valence-electron chi connectivity index (χ4n) is 2.91. The quantitative estimate of drug-likeness (QED) is 0.552. The summed E-state index contributed by atoms with van der Waals surface area (Å²) in [6, 6.07) is 27.5. The van der Waals surface area contributed by atoms with Gasteiger partial charge >= 0.3 is 0 Å². The van der Waals surface area contributed by atoms with Crippen molar-refractivity contribution in [3.8, 4) is 11.1 Å². The summed E-state index contributed by atoms with van der Waals surface area (Å²) in [5.41, 5.74) is 9.83. The molecule has 0 bridgehead atoms. The topological polar surface area (TPSA) is 85.8 Å². The number of para-hydroxylation sites is 1. The molecule has 1 heterocycles. The molecule has 28 heavy (non-hydrogen) atoms. The van der Waals surface area contributed by atoms with Crippen molar-refractivity contribution in [3.63, 3.8) is 0 Å². The number of aromatic nitrogens is 3. The van der Waals surface area contributed by atoms with Crippen LogP contribution in [-0.2, 0) is 6.42 Å². The monoisotopic (exact) mass is 369 g/mol. The number of carbonyl (C=O) groups is 1. The van der Waals surface area contributed by atoms with Gasteiger partial charge in [0.15, 0.2) is 0 Å². The maximum Gasteiger partial charge on any atom is 0.254 e. The van der Waals surface area contributed by atoms with Gasteiger partial charge in [0.2, 0.25) is 11.9 Å². The molecule has 0 saturated heterocycles. The predicted molar refractivity (Wildman–Crippen MR) is 110 cm³/mol. The van der Waals surface area contributed by atoms with E-state index in [-0.39, 0.29) is 24.2 Å². The predicted octanol–water partition coefficient (Wildman–Crippen LogP) is 4.15. The minimum Gasteiger partial charge on any atom is -0.368 e. The molecule has 4 aromatic rings. The summed E-state index contributed by atoms with van der Waals surface area (Å²) in [5.74, 6) is 0.111. The van der Waals surface area contributed by atoms with Crippen molar-refractivity contribution in [2.24, 2.45) is 0 Å². The largest absolute Gasteiger partial charge is 0.368 e. The second kappa shape index (κ2) is 7.75. The molecule has 0 unspecified atom stereocenters. The normalized spacial score (nSPS) is 10.6. The number of anilines is 3. The van der Waals surface area contributed by atoms with E-state index in [0.717, 1.165) is 27.1 Å². The zero-order valence-corrected chi connectivity index (χ0v) is 15.1. The first-order valence-corrected chi connectivity index (χ1v) is 8.91. The first-order valence-electron chi connectivity index (χ1n) is 8.91. The number of nitrogens with two attached hydrogens (primary N) is 1. The van der Waals surface area contributed by atoms with Gasteiger partial charge in [-0.05, 0) is 28.8 Å². The third-order valence-corrected chi connectivity index (χ3v) is 4.31. The lowest BCUT2D eigenvalue weighted by molar-refractivity contribution is 0.0901. The van der Waals surface area contributed by atoms with Crippen molar-refractivity contribution in [2.45, 2.75) is 6.42 Å². The van der Waals surface area contributed by atoms with Gasteiger partial charge in [-0.15, -0.1) is 5.10 Å². The Kier molecular flexibility index (Phi) is 4.84. The lowest BCUT2D eigenvalue weighted by Gasteiger charge is -2.05. The van der Waals surface area contributed by atoms with E-state index >= 15 is 0 Å². The average Bonchev–Trinajstić information content (AvgIpc) is 3.10. The van der Waals surface area contributed by atoms with E-state index in [4.69, 9.17) is 5.73 Å². The van der Waals surface area contributed by atoms with Crippen molar-refractivity contribution in [3.05, 3.63) is 90.5 Å². The lowest BCUT2D eigenvalue weighted by atomic mass is 10.0. The molecule has 0 fully saturated rings. The maximum atomic E-state index is 12.6. The molecule has 3 aromatic carbocycles. The molecule has 0 aliphatic carbocycles. The van der Waals surface area contributed by atoms with Crippen LogP contribution >= 0.6 is 0 Å². The number of benzene rings is 3. The second-order valence-electron chi connectivity index (χ2n) is 6.33. The standard InChI is InChI=1S/C22H19N5O/c23-21-25-22(24-19-9-5-2-6-10-19)26-27(21)20(28)15-16-11-13-18(14-12-16)17-7-3-1-4-8-17/h1-14H,15H2,(H3,23,24,25,26). The van der Waals surface area contributed by atoms with Gasteiger partial charge in [0, 0.05) is 5.69 Å². The highest BCUT2D eigenvalue weighted by Crippen LogP contribution is 2.20. The summed E-state index contributed by atoms with van der Waals surface area (Å²) < 4.78 is 1.14. The van der Waals surface area contributed by atoms with Crippen LogP contribution in [0.1, 0.15) is 10.4 Å². The Balaban J connectivity index is 1.46. The third-order valence-electron chi connectivity index (χ3n) is 4.31. The smallest absolute Gasteiger partial charge is 0.254 e. The van der Waals surface area contributed by atoms with Crippen LogP contribution in [0.2, 0.25) is 0 Å². The molecule has 0 aliphatic rings. The Hall–Kier alpha value is -3.93. The van der Waals surface area contributed by atoms with Crippen LogP contribution in [0.4, 0.5) is 17.6 Å². The van der Waals surface area contributed by atoms with E-state index in [1.165, 1.54) is 0 Å². The van der Waals surface area contributed by atoms with Crippen LogP contribution in [0.5, 0.6) is 0 Å². The van der Waals surface area contributed by atoms with Gasteiger partial charge in [-0.3, -0.25) is 4.79 Å². The molecule has 4 rings (SSSR count). The lowest BCUT2D eigenvalue weighted by Crippen LogP contribution is -2.17. The average molecular weight is 369 g/mol. The van der Waals surface area contributed by atoms with Crippen molar-refractivity contribution in [1.82, 2.24) is 14.8 Å². The van der Waals surface area contributed by atoms with Gasteiger partial charge in [-0.1, -0.05) is 72.8 Å². The Morgan fingerprint density at radius 2 is 1.46 bits per heavy atom. The molecule has 138 valence electrons. The Labute approximate surface area is 162 Å². The van der Waals surface area contributed by atoms with Crippen LogP contribution < -0.4 is 11.1 Å². The number of hydrogen-bond acceptors (Lipinski definition) is 5. The summed E-state index contributed by atoms with van der Waals surface area (Å²) in [7, 11) is 0. The molecule has 3 N–H and O–H groups in total. The van der Waals surface area contributed by atoms with Crippen molar-refractivity contribution < 1.29 is 4.79 Å².